The topological polar surface area (TPSA) is 78.4 Å². The van der Waals surface area contributed by atoms with Crippen LogP contribution in [0.5, 0.6) is 0 Å². The Bertz CT molecular complexity index is 320. The molecule has 4 atom stereocenters. The van der Waals surface area contributed by atoms with Crippen LogP contribution in [0.2, 0.25) is 0 Å². The van der Waals surface area contributed by atoms with E-state index in [4.69, 9.17) is 5.11 Å². The summed E-state index contributed by atoms with van der Waals surface area (Å²) in [7, 11) is 0. The second kappa shape index (κ2) is 7.36. The third-order valence-corrected chi connectivity index (χ3v) is 4.19. The second-order valence-electron chi connectivity index (χ2n) is 5.69. The third kappa shape index (κ3) is 4.73. The first-order chi connectivity index (χ1) is 8.95. The zero-order chi connectivity index (χ0) is 14.4. The quantitative estimate of drug-likeness (QED) is 0.717. The third-order valence-electron chi connectivity index (χ3n) is 4.19. The van der Waals surface area contributed by atoms with E-state index in [1.165, 1.54) is 6.42 Å². The number of carbonyl (C=O) groups excluding carboxylic acids is 1. The molecule has 1 aliphatic rings. The summed E-state index contributed by atoms with van der Waals surface area (Å²) in [6.07, 6.45) is 5.17. The van der Waals surface area contributed by atoms with E-state index in [0.717, 1.165) is 25.7 Å². The minimum Gasteiger partial charge on any atom is -0.480 e. The van der Waals surface area contributed by atoms with Crippen molar-refractivity contribution in [2.75, 3.05) is 0 Å². The van der Waals surface area contributed by atoms with Crippen molar-refractivity contribution >= 4 is 12.0 Å². The number of rotatable bonds is 5. The van der Waals surface area contributed by atoms with Gasteiger partial charge >= 0.3 is 12.0 Å². The Hall–Kier alpha value is -1.26. The van der Waals surface area contributed by atoms with Crippen molar-refractivity contribution in [1.82, 2.24) is 10.6 Å². The number of carboxylic acids is 1. The zero-order valence-electron chi connectivity index (χ0n) is 12.1. The van der Waals surface area contributed by atoms with Crippen LogP contribution in [-0.2, 0) is 4.79 Å². The summed E-state index contributed by atoms with van der Waals surface area (Å²) in [6, 6.07) is -1.00. The number of aliphatic carboxylic acids is 1. The average Bonchev–Trinajstić information content (AvgIpc) is 2.37. The molecule has 0 aliphatic heterocycles. The molecule has 5 heteroatoms. The van der Waals surface area contributed by atoms with E-state index < -0.39 is 12.0 Å². The highest BCUT2D eigenvalue weighted by Crippen LogP contribution is 2.23. The molecule has 1 fully saturated rings. The van der Waals surface area contributed by atoms with E-state index in [9.17, 15) is 9.59 Å². The van der Waals surface area contributed by atoms with E-state index in [0.29, 0.717) is 5.92 Å². The molecular formula is C14H26N2O3. The Morgan fingerprint density at radius 2 is 1.95 bits per heavy atom. The first kappa shape index (κ1) is 15.8. The van der Waals surface area contributed by atoms with Gasteiger partial charge in [-0.15, -0.1) is 0 Å². The van der Waals surface area contributed by atoms with Gasteiger partial charge in [-0.25, -0.2) is 9.59 Å². The molecule has 0 unspecified atom stereocenters. The summed E-state index contributed by atoms with van der Waals surface area (Å²) in [5.41, 5.74) is 0. The van der Waals surface area contributed by atoms with Crippen LogP contribution >= 0.6 is 0 Å². The lowest BCUT2D eigenvalue weighted by Crippen LogP contribution is -2.52. The van der Waals surface area contributed by atoms with E-state index in [1.54, 1.807) is 0 Å². The molecule has 2 amide bonds. The van der Waals surface area contributed by atoms with Gasteiger partial charge in [0, 0.05) is 6.04 Å². The van der Waals surface area contributed by atoms with Crippen molar-refractivity contribution in [2.45, 2.75) is 65.0 Å². The Morgan fingerprint density at radius 1 is 1.32 bits per heavy atom. The summed E-state index contributed by atoms with van der Waals surface area (Å²) in [5.74, 6) is -0.584. The number of hydrogen-bond donors (Lipinski definition) is 3. The van der Waals surface area contributed by atoms with Gasteiger partial charge < -0.3 is 15.7 Å². The van der Waals surface area contributed by atoms with Gasteiger partial charge in [-0.05, 0) is 24.7 Å². The molecule has 0 bridgehead atoms. The first-order valence-corrected chi connectivity index (χ1v) is 7.25. The van der Waals surface area contributed by atoms with Crippen molar-refractivity contribution in [2.24, 2.45) is 11.8 Å². The molecule has 1 aliphatic carbocycles. The fourth-order valence-electron chi connectivity index (χ4n) is 2.57. The van der Waals surface area contributed by atoms with Crippen LogP contribution in [0.4, 0.5) is 4.79 Å². The lowest BCUT2D eigenvalue weighted by Gasteiger charge is -2.30. The number of nitrogens with one attached hydrogen (secondary N) is 2. The number of hydrogen-bond acceptors (Lipinski definition) is 2. The maximum absolute atomic E-state index is 11.9. The van der Waals surface area contributed by atoms with Crippen LogP contribution in [0, 0.1) is 11.8 Å². The van der Waals surface area contributed by atoms with Crippen molar-refractivity contribution in [3.8, 4) is 0 Å². The molecule has 5 nitrogen and oxygen atoms in total. The van der Waals surface area contributed by atoms with Crippen molar-refractivity contribution < 1.29 is 14.7 Å². The number of urea groups is 1. The largest absolute Gasteiger partial charge is 0.480 e. The predicted molar refractivity (Wildman–Crippen MR) is 74.0 cm³/mol. The first-order valence-electron chi connectivity index (χ1n) is 7.25. The number of carbonyl (C=O) groups is 2. The van der Waals surface area contributed by atoms with Crippen LogP contribution in [-0.4, -0.2) is 29.2 Å². The number of amides is 2. The Labute approximate surface area is 115 Å². The maximum atomic E-state index is 11.9. The normalized spacial score (nSPS) is 26.3. The maximum Gasteiger partial charge on any atom is 0.326 e. The summed E-state index contributed by atoms with van der Waals surface area (Å²) in [4.78, 5) is 23.1. The van der Waals surface area contributed by atoms with Gasteiger partial charge in [0.1, 0.15) is 6.04 Å². The van der Waals surface area contributed by atoms with E-state index in [2.05, 4.69) is 17.6 Å². The molecule has 0 radical (unpaired) electrons. The Kier molecular flexibility index (Phi) is 6.12. The van der Waals surface area contributed by atoms with Gasteiger partial charge in [-0.3, -0.25) is 0 Å². The van der Waals surface area contributed by atoms with Crippen molar-refractivity contribution in [1.29, 1.82) is 0 Å². The van der Waals surface area contributed by atoms with Crippen LogP contribution < -0.4 is 10.6 Å². The molecule has 0 heterocycles. The Balaban J connectivity index is 2.50. The molecule has 0 saturated heterocycles. The van der Waals surface area contributed by atoms with Gasteiger partial charge in [0.25, 0.3) is 0 Å². The van der Waals surface area contributed by atoms with Crippen LogP contribution in [0.3, 0.4) is 0 Å². The molecule has 1 rings (SSSR count). The molecule has 0 aromatic rings. The minimum atomic E-state index is -0.971. The predicted octanol–water partition coefficient (Wildman–Crippen LogP) is 2.36. The van der Waals surface area contributed by atoms with Gasteiger partial charge in [0.15, 0.2) is 0 Å². The fraction of sp³-hybridized carbons (Fsp3) is 0.857. The summed E-state index contributed by atoms with van der Waals surface area (Å²) >= 11 is 0. The van der Waals surface area contributed by atoms with Crippen molar-refractivity contribution in [3.05, 3.63) is 0 Å². The molecule has 19 heavy (non-hydrogen) atoms. The molecular weight excluding hydrogens is 244 g/mol. The molecule has 0 aromatic carbocycles. The highest BCUT2D eigenvalue weighted by molar-refractivity contribution is 5.82. The van der Waals surface area contributed by atoms with Crippen LogP contribution in [0.1, 0.15) is 52.9 Å². The summed E-state index contributed by atoms with van der Waals surface area (Å²) in [6.45, 7) is 5.89. The van der Waals surface area contributed by atoms with Crippen molar-refractivity contribution in [3.63, 3.8) is 0 Å². The highest BCUT2D eigenvalue weighted by Gasteiger charge is 2.28. The van der Waals surface area contributed by atoms with E-state index in [1.807, 2.05) is 13.8 Å². The van der Waals surface area contributed by atoms with Crippen LogP contribution in [0.15, 0.2) is 0 Å². The Morgan fingerprint density at radius 3 is 2.47 bits per heavy atom. The van der Waals surface area contributed by atoms with E-state index >= 15 is 0 Å². The lowest BCUT2D eigenvalue weighted by atomic mass is 9.86. The smallest absolute Gasteiger partial charge is 0.326 e. The van der Waals surface area contributed by atoms with Gasteiger partial charge in [-0.2, -0.15) is 0 Å². The van der Waals surface area contributed by atoms with Gasteiger partial charge in [-0.1, -0.05) is 40.0 Å². The van der Waals surface area contributed by atoms with Crippen LogP contribution in [0.25, 0.3) is 0 Å². The van der Waals surface area contributed by atoms with Gasteiger partial charge in [0.05, 0.1) is 0 Å². The highest BCUT2D eigenvalue weighted by atomic mass is 16.4. The molecule has 3 N–H and O–H groups in total. The summed E-state index contributed by atoms with van der Waals surface area (Å²) in [5, 5.41) is 14.6. The second-order valence-corrected chi connectivity index (χ2v) is 5.69. The standard InChI is InChI=1S/C14H26N2O3/c1-4-9(2)12(13(17)18)16-14(19)15-11-8-6-5-7-10(11)3/h9-12H,4-8H2,1-3H3,(H,17,18)(H2,15,16,19)/t9-,10-,11-,12+/m0/s1. The van der Waals surface area contributed by atoms with Gasteiger partial charge in [0.2, 0.25) is 0 Å². The molecule has 110 valence electrons. The molecule has 1 saturated carbocycles. The minimum absolute atomic E-state index is 0.0768. The SMILES string of the molecule is CC[C@H](C)[C@@H](NC(=O)N[C@H]1CCCC[C@@H]1C)C(=O)O. The van der Waals surface area contributed by atoms with E-state index in [-0.39, 0.29) is 18.0 Å². The molecule has 0 aromatic heterocycles. The molecule has 0 spiro atoms. The fourth-order valence-corrected chi connectivity index (χ4v) is 2.57. The lowest BCUT2D eigenvalue weighted by molar-refractivity contribution is -0.140. The average molecular weight is 270 g/mol. The number of carboxylic acid groups (broad SMARTS) is 1. The zero-order valence-corrected chi connectivity index (χ0v) is 12.1. The monoisotopic (exact) mass is 270 g/mol. The summed E-state index contributed by atoms with van der Waals surface area (Å²) < 4.78 is 0.